The molecule has 5 bridgehead atoms. The van der Waals surface area contributed by atoms with Gasteiger partial charge in [-0.15, -0.1) is 0 Å². The summed E-state index contributed by atoms with van der Waals surface area (Å²) in [7, 11) is 0. The molecule has 30 heavy (non-hydrogen) atoms. The van der Waals surface area contributed by atoms with Crippen LogP contribution in [0.15, 0.2) is 12.0 Å². The Morgan fingerprint density at radius 2 is 1.73 bits per heavy atom. The Bertz CT molecular complexity index is 786. The lowest BCUT2D eigenvalue weighted by Crippen LogP contribution is -2.57. The highest BCUT2D eigenvalue weighted by Gasteiger charge is 2.77. The van der Waals surface area contributed by atoms with Gasteiger partial charge in [0, 0.05) is 44.6 Å². The van der Waals surface area contributed by atoms with Crippen molar-refractivity contribution in [1.82, 2.24) is 0 Å². The molecule has 2 saturated carbocycles. The maximum Gasteiger partial charge on any atom is 0.303 e. The van der Waals surface area contributed by atoms with Gasteiger partial charge in [0.15, 0.2) is 18.3 Å². The van der Waals surface area contributed by atoms with Crippen LogP contribution in [0.3, 0.4) is 0 Å². The summed E-state index contributed by atoms with van der Waals surface area (Å²) >= 11 is 0. The molecule has 2 aliphatic carbocycles. The summed E-state index contributed by atoms with van der Waals surface area (Å²) in [6, 6.07) is 0. The van der Waals surface area contributed by atoms with E-state index in [-0.39, 0.29) is 48.8 Å². The lowest BCUT2D eigenvalue weighted by Gasteiger charge is -2.47. The molecule has 164 valence electrons. The fourth-order valence-electron chi connectivity index (χ4n) is 5.13. The number of rotatable bonds is 6. The molecule has 0 amide bonds. The summed E-state index contributed by atoms with van der Waals surface area (Å²) in [5, 5.41) is 0. The smallest absolute Gasteiger partial charge is 0.303 e. The van der Waals surface area contributed by atoms with E-state index >= 15 is 0 Å². The summed E-state index contributed by atoms with van der Waals surface area (Å²) in [6.45, 7) is 4.13. The lowest BCUT2D eigenvalue weighted by molar-refractivity contribution is -0.210. The molecule has 0 aromatic carbocycles. The van der Waals surface area contributed by atoms with Gasteiger partial charge in [-0.25, -0.2) is 0 Å². The molecular weight excluding hydrogens is 400 g/mol. The van der Waals surface area contributed by atoms with Crippen molar-refractivity contribution in [3.63, 3.8) is 0 Å². The Hall–Kier alpha value is -2.33. The lowest BCUT2D eigenvalue weighted by atomic mass is 9.68. The maximum absolute atomic E-state index is 11.6. The Morgan fingerprint density at radius 1 is 0.967 bits per heavy atom. The van der Waals surface area contributed by atoms with Crippen LogP contribution in [-0.2, 0) is 47.5 Å². The third kappa shape index (κ3) is 3.22. The van der Waals surface area contributed by atoms with Crippen LogP contribution >= 0.6 is 0 Å². The molecule has 0 N–H and O–H groups in total. The predicted octanol–water partition coefficient (Wildman–Crippen LogP) is 0.0803. The van der Waals surface area contributed by atoms with Crippen LogP contribution in [0, 0.1) is 17.8 Å². The second-order valence-electron chi connectivity index (χ2n) is 8.36. The molecule has 4 heterocycles. The van der Waals surface area contributed by atoms with Gasteiger partial charge in [0.2, 0.25) is 0 Å². The number of fused-ring (bicyclic) bond motifs is 1. The minimum atomic E-state index is -0.978. The van der Waals surface area contributed by atoms with Crippen molar-refractivity contribution in [3.8, 4) is 0 Å². The summed E-state index contributed by atoms with van der Waals surface area (Å²) in [4.78, 5) is 34.5. The van der Waals surface area contributed by atoms with E-state index in [2.05, 4.69) is 0 Å². The van der Waals surface area contributed by atoms with Crippen LogP contribution in [-0.4, -0.2) is 73.8 Å². The van der Waals surface area contributed by atoms with Gasteiger partial charge in [-0.3, -0.25) is 14.4 Å². The van der Waals surface area contributed by atoms with Crippen LogP contribution in [0.25, 0.3) is 0 Å². The molecule has 5 fully saturated rings. The zero-order valence-corrected chi connectivity index (χ0v) is 16.8. The van der Waals surface area contributed by atoms with Crippen molar-refractivity contribution < 1.29 is 47.5 Å². The molecule has 3 saturated heterocycles. The SMILES string of the molecule is CC(=O)OCC1OC(O[C@@H]2C3CO[C@@H]4C5OC3C2[C@@H]54)=C[C@@H](OC(C)=O)[C@@H]1OC(C)=O. The first-order valence-corrected chi connectivity index (χ1v) is 10.1. The minimum Gasteiger partial charge on any atom is -0.462 e. The van der Waals surface area contributed by atoms with Gasteiger partial charge >= 0.3 is 17.9 Å². The summed E-state index contributed by atoms with van der Waals surface area (Å²) in [6.07, 6.45) is -0.992. The van der Waals surface area contributed by atoms with E-state index < -0.39 is 36.2 Å². The van der Waals surface area contributed by atoms with E-state index in [0.29, 0.717) is 12.5 Å². The Labute approximate surface area is 172 Å². The summed E-state index contributed by atoms with van der Waals surface area (Å²) in [5.41, 5.74) is 0. The second-order valence-corrected chi connectivity index (χ2v) is 8.36. The van der Waals surface area contributed by atoms with Crippen molar-refractivity contribution in [2.45, 2.75) is 63.5 Å². The molecule has 6 aliphatic rings. The third-order valence-corrected chi connectivity index (χ3v) is 6.35. The monoisotopic (exact) mass is 424 g/mol. The molecule has 10 nitrogen and oxygen atoms in total. The van der Waals surface area contributed by atoms with Crippen molar-refractivity contribution in [3.05, 3.63) is 12.0 Å². The fourth-order valence-corrected chi connectivity index (χ4v) is 5.13. The number of carbonyl (C=O) groups excluding carboxylic acids is 3. The van der Waals surface area contributed by atoms with Crippen molar-refractivity contribution >= 4 is 17.9 Å². The molecule has 5 unspecified atom stereocenters. The molecule has 0 spiro atoms. The van der Waals surface area contributed by atoms with Gasteiger partial charge in [-0.05, 0) is 0 Å². The molecule has 4 aliphatic heterocycles. The van der Waals surface area contributed by atoms with Gasteiger partial charge in [0.25, 0.3) is 5.95 Å². The first-order valence-electron chi connectivity index (χ1n) is 10.1. The fraction of sp³-hybridized carbons (Fsp3) is 0.750. The number of ether oxygens (including phenoxy) is 7. The van der Waals surface area contributed by atoms with Gasteiger partial charge in [0.05, 0.1) is 24.9 Å². The normalized spacial score (nSPS) is 44.4. The van der Waals surface area contributed by atoms with E-state index in [1.54, 1.807) is 0 Å². The summed E-state index contributed by atoms with van der Waals surface area (Å²) < 4.78 is 39.7. The van der Waals surface area contributed by atoms with Crippen molar-refractivity contribution in [1.29, 1.82) is 0 Å². The highest BCUT2D eigenvalue weighted by Crippen LogP contribution is 2.64. The van der Waals surface area contributed by atoms with Crippen molar-refractivity contribution in [2.24, 2.45) is 17.8 Å². The number of carbonyl (C=O) groups is 3. The molecule has 6 rings (SSSR count). The van der Waals surface area contributed by atoms with Crippen LogP contribution in [0.5, 0.6) is 0 Å². The van der Waals surface area contributed by atoms with Gasteiger partial charge in [0.1, 0.15) is 12.7 Å². The largest absolute Gasteiger partial charge is 0.462 e. The molecular formula is C20H24O10. The highest BCUT2D eigenvalue weighted by atomic mass is 16.7. The van der Waals surface area contributed by atoms with E-state index in [0.717, 1.165) is 0 Å². The Morgan fingerprint density at radius 3 is 2.43 bits per heavy atom. The predicted molar refractivity (Wildman–Crippen MR) is 94.4 cm³/mol. The zero-order chi connectivity index (χ0) is 21.2. The third-order valence-electron chi connectivity index (χ3n) is 6.35. The van der Waals surface area contributed by atoms with Gasteiger partial charge < -0.3 is 33.2 Å². The van der Waals surface area contributed by atoms with E-state index in [1.165, 1.54) is 26.8 Å². The molecule has 10 heteroatoms. The van der Waals surface area contributed by atoms with Crippen molar-refractivity contribution in [2.75, 3.05) is 13.2 Å². The minimum absolute atomic E-state index is 0.102. The van der Waals surface area contributed by atoms with Gasteiger partial charge in [-0.1, -0.05) is 0 Å². The van der Waals surface area contributed by atoms with Crippen LogP contribution in [0.4, 0.5) is 0 Å². The Kier molecular flexibility index (Phi) is 4.66. The molecule has 0 aromatic rings. The van der Waals surface area contributed by atoms with Crippen LogP contribution < -0.4 is 0 Å². The second kappa shape index (κ2) is 7.12. The molecule has 0 radical (unpaired) electrons. The Balaban J connectivity index is 1.35. The van der Waals surface area contributed by atoms with Gasteiger partial charge in [-0.2, -0.15) is 0 Å². The first kappa shape index (κ1) is 19.6. The average molecular weight is 424 g/mol. The summed E-state index contributed by atoms with van der Waals surface area (Å²) in [5.74, 6) is -0.810. The van der Waals surface area contributed by atoms with Crippen LogP contribution in [0.2, 0.25) is 0 Å². The molecule has 0 aromatic heterocycles. The quantitative estimate of drug-likeness (QED) is 0.429. The topological polar surface area (TPSA) is 116 Å². The van der Waals surface area contributed by atoms with Crippen LogP contribution in [0.1, 0.15) is 20.8 Å². The van der Waals surface area contributed by atoms with E-state index in [1.807, 2.05) is 0 Å². The number of esters is 3. The molecule has 10 atom stereocenters. The number of hydrogen-bond acceptors (Lipinski definition) is 10. The standard InChI is InChI=1S/C20H24O10/c1-7(21)24-6-12-18(27-9(3)23)11(26-8(2)22)4-13(28-12)29-16-10-5-25-19-15-14(16)17(10)30-20(15)19/h4,10-12,14-20H,5-6H2,1-3H3/t10?,11-,12?,14?,15-,16-,17?,18+,19+,20?/m1/s1. The van der Waals surface area contributed by atoms with E-state index in [9.17, 15) is 14.4 Å². The zero-order valence-electron chi connectivity index (χ0n) is 16.8. The number of hydrogen-bond donors (Lipinski definition) is 0. The van der Waals surface area contributed by atoms with E-state index in [4.69, 9.17) is 33.2 Å². The highest BCUT2D eigenvalue weighted by molar-refractivity contribution is 5.68. The first-order chi connectivity index (χ1) is 14.3. The maximum atomic E-state index is 11.6. The average Bonchev–Trinajstić information content (AvgIpc) is 3.31.